The van der Waals surface area contributed by atoms with Crippen molar-refractivity contribution in [2.45, 2.75) is 16.7 Å². The van der Waals surface area contributed by atoms with E-state index in [2.05, 4.69) is 0 Å². The van der Waals surface area contributed by atoms with Crippen LogP contribution in [0.2, 0.25) is 0 Å². The average Bonchev–Trinajstić information content (AvgIpc) is 2.98. The lowest BCUT2D eigenvalue weighted by molar-refractivity contribution is -0.128. The molecule has 1 saturated heterocycles. The Bertz CT molecular complexity index is 982. The maximum absolute atomic E-state index is 14.1. The Kier molecular flexibility index (Phi) is 5.50. The van der Waals surface area contributed by atoms with Gasteiger partial charge in [-0.1, -0.05) is 18.2 Å². The number of thioether (sulfide) groups is 1. The quantitative estimate of drug-likeness (QED) is 0.760. The monoisotopic (exact) mass is 416 g/mol. The fourth-order valence-electron chi connectivity index (χ4n) is 2.78. The first kappa shape index (κ1) is 19.7. The molecule has 2 aromatic carbocycles. The Morgan fingerprint density at radius 3 is 2.37 bits per heavy atom. The van der Waals surface area contributed by atoms with Crippen molar-refractivity contribution in [3.63, 3.8) is 0 Å². The highest BCUT2D eigenvalue weighted by Gasteiger charge is 2.35. The number of carbonyl (C=O) groups is 1. The Labute approximate surface area is 158 Å². The fourth-order valence-corrected chi connectivity index (χ4v) is 4.53. The third-order valence-electron chi connectivity index (χ3n) is 4.19. The average molecular weight is 416 g/mol. The van der Waals surface area contributed by atoms with Gasteiger partial charge < -0.3 is 4.90 Å². The van der Waals surface area contributed by atoms with Crippen LogP contribution >= 0.6 is 11.8 Å². The second-order valence-electron chi connectivity index (χ2n) is 5.95. The van der Waals surface area contributed by atoms with Gasteiger partial charge in [-0.05, 0) is 30.2 Å². The molecule has 144 valence electrons. The minimum absolute atomic E-state index is 0.0270. The summed E-state index contributed by atoms with van der Waals surface area (Å²) in [7, 11) is -3.79. The summed E-state index contributed by atoms with van der Waals surface area (Å²) in [5.74, 6) is -4.29. The van der Waals surface area contributed by atoms with E-state index >= 15 is 0 Å². The molecule has 0 saturated carbocycles. The molecule has 1 aliphatic rings. The molecule has 2 aromatic rings. The van der Waals surface area contributed by atoms with E-state index in [9.17, 15) is 26.4 Å². The van der Waals surface area contributed by atoms with Crippen molar-refractivity contribution in [3.05, 3.63) is 65.0 Å². The summed E-state index contributed by atoms with van der Waals surface area (Å²) in [6.45, 7) is 0.212. The number of nitrogens with two attached hydrogens (primary N) is 1. The first-order valence-electron chi connectivity index (χ1n) is 7.84. The van der Waals surface area contributed by atoms with Crippen LogP contribution in [0, 0.1) is 17.5 Å². The van der Waals surface area contributed by atoms with E-state index in [4.69, 9.17) is 5.14 Å². The molecule has 2 N–H and O–H groups in total. The van der Waals surface area contributed by atoms with E-state index in [1.165, 1.54) is 17.0 Å². The molecule has 0 radical (unpaired) electrons. The smallest absolute Gasteiger partial charge is 0.238 e. The molecule has 0 spiro atoms. The van der Waals surface area contributed by atoms with Gasteiger partial charge in [-0.2, -0.15) is 0 Å². The number of hydrogen-bond donors (Lipinski definition) is 1. The summed E-state index contributed by atoms with van der Waals surface area (Å²) in [5.41, 5.74) is 0.658. The van der Waals surface area contributed by atoms with Gasteiger partial charge in [-0.25, -0.2) is 26.7 Å². The lowest BCUT2D eigenvalue weighted by atomic mass is 10.1. The Hall–Kier alpha value is -2.04. The number of sulfonamides is 1. The number of nitrogens with zero attached hydrogens (tertiary/aromatic N) is 1. The second kappa shape index (κ2) is 7.53. The number of hydrogen-bond acceptors (Lipinski definition) is 4. The number of halogens is 3. The fraction of sp³-hybridized carbons (Fsp3) is 0.235. The summed E-state index contributed by atoms with van der Waals surface area (Å²) < 4.78 is 63.3. The van der Waals surface area contributed by atoms with Crippen LogP contribution in [0.4, 0.5) is 13.2 Å². The summed E-state index contributed by atoms with van der Waals surface area (Å²) in [4.78, 5) is 13.5. The second-order valence-corrected chi connectivity index (χ2v) is 8.58. The van der Waals surface area contributed by atoms with Crippen LogP contribution in [0.5, 0.6) is 0 Å². The first-order valence-corrected chi connectivity index (χ1v) is 10.4. The van der Waals surface area contributed by atoms with E-state index in [1.54, 1.807) is 12.1 Å². The standard InChI is InChI=1S/C17H15F3N2O3S2/c18-13-6-5-12(15(19)16(13)20)17-22(14(23)9-26-17)8-7-10-1-3-11(4-2-10)27(21,24)25/h1-6,17H,7-9H2,(H2,21,24,25). The van der Waals surface area contributed by atoms with E-state index in [0.29, 0.717) is 6.42 Å². The molecule has 0 bridgehead atoms. The lowest BCUT2D eigenvalue weighted by Gasteiger charge is -2.24. The van der Waals surface area contributed by atoms with Crippen molar-refractivity contribution in [1.82, 2.24) is 4.90 Å². The summed E-state index contributed by atoms with van der Waals surface area (Å²) in [6.07, 6.45) is 0.374. The summed E-state index contributed by atoms with van der Waals surface area (Å²) in [5, 5.41) is 4.29. The molecule has 1 unspecified atom stereocenters. The lowest BCUT2D eigenvalue weighted by Crippen LogP contribution is -2.30. The zero-order chi connectivity index (χ0) is 19.8. The normalized spacial score (nSPS) is 17.6. The molecule has 3 rings (SSSR count). The Balaban J connectivity index is 1.77. The molecule has 1 amide bonds. The van der Waals surface area contributed by atoms with Gasteiger partial charge in [0, 0.05) is 12.1 Å². The first-order chi connectivity index (χ1) is 12.7. The van der Waals surface area contributed by atoms with Gasteiger partial charge >= 0.3 is 0 Å². The van der Waals surface area contributed by atoms with E-state index in [-0.39, 0.29) is 28.7 Å². The molecule has 1 fully saturated rings. The summed E-state index contributed by atoms with van der Waals surface area (Å²) in [6, 6.07) is 7.83. The molecule has 0 aliphatic carbocycles. The van der Waals surface area contributed by atoms with Gasteiger partial charge in [0.15, 0.2) is 17.5 Å². The summed E-state index contributed by atoms with van der Waals surface area (Å²) >= 11 is 1.13. The van der Waals surface area contributed by atoms with E-state index in [0.717, 1.165) is 29.5 Å². The zero-order valence-corrected chi connectivity index (χ0v) is 15.5. The van der Waals surface area contributed by atoms with Crippen LogP contribution in [0.3, 0.4) is 0 Å². The van der Waals surface area contributed by atoms with Crippen LogP contribution in [-0.2, 0) is 21.2 Å². The maximum Gasteiger partial charge on any atom is 0.238 e. The maximum atomic E-state index is 14.1. The molecular formula is C17H15F3N2O3S2. The van der Waals surface area contributed by atoms with Gasteiger partial charge in [0.05, 0.1) is 10.6 Å². The van der Waals surface area contributed by atoms with Crippen molar-refractivity contribution < 1.29 is 26.4 Å². The van der Waals surface area contributed by atoms with Crippen molar-refractivity contribution in [2.75, 3.05) is 12.3 Å². The van der Waals surface area contributed by atoms with Crippen LogP contribution in [0.25, 0.3) is 0 Å². The molecule has 1 heterocycles. The van der Waals surface area contributed by atoms with Gasteiger partial charge in [0.25, 0.3) is 0 Å². The number of amides is 1. The number of rotatable bonds is 5. The van der Waals surface area contributed by atoms with Crippen LogP contribution in [0.15, 0.2) is 41.3 Å². The molecular weight excluding hydrogens is 401 g/mol. The molecule has 10 heteroatoms. The van der Waals surface area contributed by atoms with Gasteiger partial charge in [-0.3, -0.25) is 4.79 Å². The molecule has 1 aliphatic heterocycles. The predicted molar refractivity (Wildman–Crippen MR) is 94.7 cm³/mol. The van der Waals surface area contributed by atoms with Crippen molar-refractivity contribution in [2.24, 2.45) is 5.14 Å². The minimum Gasteiger partial charge on any atom is -0.325 e. The van der Waals surface area contributed by atoms with Gasteiger partial charge in [0.2, 0.25) is 15.9 Å². The largest absolute Gasteiger partial charge is 0.325 e. The van der Waals surface area contributed by atoms with Gasteiger partial charge in [0.1, 0.15) is 5.37 Å². The molecule has 1 atom stereocenters. The third kappa shape index (κ3) is 4.12. The van der Waals surface area contributed by atoms with Crippen molar-refractivity contribution in [1.29, 1.82) is 0 Å². The highest BCUT2D eigenvalue weighted by atomic mass is 32.2. The zero-order valence-electron chi connectivity index (χ0n) is 13.9. The number of primary sulfonamides is 1. The Morgan fingerprint density at radius 1 is 1.07 bits per heavy atom. The highest BCUT2D eigenvalue weighted by molar-refractivity contribution is 8.00. The minimum atomic E-state index is -3.79. The Morgan fingerprint density at radius 2 is 1.74 bits per heavy atom. The molecule has 0 aromatic heterocycles. The van der Waals surface area contributed by atoms with Crippen molar-refractivity contribution >= 4 is 27.7 Å². The number of carbonyl (C=O) groups excluding carboxylic acids is 1. The van der Waals surface area contributed by atoms with Crippen LogP contribution in [-0.4, -0.2) is 31.5 Å². The number of benzene rings is 2. The third-order valence-corrected chi connectivity index (χ3v) is 6.36. The van der Waals surface area contributed by atoms with Crippen molar-refractivity contribution in [3.8, 4) is 0 Å². The molecule has 5 nitrogen and oxygen atoms in total. The molecule has 27 heavy (non-hydrogen) atoms. The van der Waals surface area contributed by atoms with E-state index in [1.807, 2.05) is 0 Å². The van der Waals surface area contributed by atoms with Gasteiger partial charge in [-0.15, -0.1) is 11.8 Å². The SMILES string of the molecule is NS(=O)(=O)c1ccc(CCN2C(=O)CSC2c2ccc(F)c(F)c2F)cc1. The van der Waals surface area contributed by atoms with E-state index < -0.39 is 32.8 Å². The predicted octanol–water partition coefficient (Wildman–Crippen LogP) is 2.57. The topological polar surface area (TPSA) is 80.5 Å². The van der Waals surface area contributed by atoms with Crippen LogP contribution in [0.1, 0.15) is 16.5 Å². The highest BCUT2D eigenvalue weighted by Crippen LogP contribution is 2.40. The van der Waals surface area contributed by atoms with Crippen LogP contribution < -0.4 is 5.14 Å².